The van der Waals surface area contributed by atoms with Crippen molar-refractivity contribution in [3.8, 4) is 17.4 Å². The summed E-state index contributed by atoms with van der Waals surface area (Å²) in [6.07, 6.45) is 4.96. The first-order valence-corrected chi connectivity index (χ1v) is 19.2. The van der Waals surface area contributed by atoms with Crippen molar-refractivity contribution in [3.05, 3.63) is 70.6 Å². The predicted octanol–water partition coefficient (Wildman–Crippen LogP) is 5.40. The molecule has 2 aromatic carbocycles. The Morgan fingerprint density at radius 3 is 2.54 bits per heavy atom. The summed E-state index contributed by atoms with van der Waals surface area (Å²) in [4.78, 5) is 39.1. The van der Waals surface area contributed by atoms with E-state index in [9.17, 15) is 13.2 Å². The van der Waals surface area contributed by atoms with Gasteiger partial charge in [0, 0.05) is 36.5 Å². The Kier molecular flexibility index (Phi) is 11.1. The standard InChI is InChI=1S/C36H43ClFN5O8S/c1-5-24-18-23(22-11-15-39-16-12-22)13-17-42(24)51-35(45)41-36(26-8-7-14-40-33(26)50-6-2)27-20-28(37)29(38)21-30(27)43(34(36)44)52(46,47)32-10-9-25(48-3)19-31(32)49-4/h7-10,14,19-24,39H,5-6,11-13,15-18H2,1-4H3,(H,41,45). The van der Waals surface area contributed by atoms with Gasteiger partial charge >= 0.3 is 6.09 Å². The van der Waals surface area contributed by atoms with Gasteiger partial charge in [-0.2, -0.15) is 4.31 Å². The fraction of sp³-hybridized carbons (Fsp3) is 0.472. The van der Waals surface area contributed by atoms with Gasteiger partial charge in [-0.05, 0) is 94.3 Å². The Balaban J connectivity index is 1.44. The molecule has 2 N–H and O–H groups in total. The Labute approximate surface area is 307 Å². The molecule has 0 radical (unpaired) electrons. The third-order valence-electron chi connectivity index (χ3n) is 10.2. The number of piperidine rings is 2. The molecule has 4 heterocycles. The molecule has 16 heteroatoms. The van der Waals surface area contributed by atoms with E-state index in [2.05, 4.69) is 15.6 Å². The zero-order valence-electron chi connectivity index (χ0n) is 29.5. The number of amides is 2. The summed E-state index contributed by atoms with van der Waals surface area (Å²) in [6, 6.07) is 8.79. The summed E-state index contributed by atoms with van der Waals surface area (Å²) in [6.45, 7) is 6.30. The SMILES string of the molecule is CCOc1ncccc1C1(NC(=O)ON2CCC(C3CCNCC3)CC2CC)C(=O)N(S(=O)(=O)c2ccc(OC)cc2OC)c2cc(F)c(Cl)cc21. The van der Waals surface area contributed by atoms with Crippen LogP contribution >= 0.6 is 11.6 Å². The Morgan fingerprint density at radius 1 is 1.08 bits per heavy atom. The fourth-order valence-electron chi connectivity index (χ4n) is 7.66. The molecule has 0 aliphatic carbocycles. The molecule has 6 rings (SSSR count). The van der Waals surface area contributed by atoms with Crippen LogP contribution in [0.4, 0.5) is 14.9 Å². The van der Waals surface area contributed by atoms with E-state index in [4.69, 9.17) is 30.6 Å². The van der Waals surface area contributed by atoms with Crippen LogP contribution in [0.25, 0.3) is 0 Å². The van der Waals surface area contributed by atoms with Crippen LogP contribution in [0, 0.1) is 17.7 Å². The molecule has 3 aromatic rings. The number of aromatic nitrogens is 1. The lowest BCUT2D eigenvalue weighted by molar-refractivity contribution is -0.159. The predicted molar refractivity (Wildman–Crippen MR) is 191 cm³/mol. The van der Waals surface area contributed by atoms with Crippen LogP contribution in [0.2, 0.25) is 5.02 Å². The molecule has 3 atom stereocenters. The zero-order valence-corrected chi connectivity index (χ0v) is 31.1. The molecule has 0 saturated carbocycles. The van der Waals surface area contributed by atoms with Gasteiger partial charge in [-0.15, -0.1) is 5.06 Å². The van der Waals surface area contributed by atoms with E-state index >= 15 is 9.18 Å². The number of ether oxygens (including phenoxy) is 3. The number of benzene rings is 2. The van der Waals surface area contributed by atoms with Crippen LogP contribution < -0.4 is 29.1 Å². The van der Waals surface area contributed by atoms with E-state index in [1.165, 1.54) is 50.7 Å². The number of anilines is 1. The molecule has 3 aliphatic rings. The van der Waals surface area contributed by atoms with Crippen LogP contribution in [0.3, 0.4) is 0 Å². The first-order chi connectivity index (χ1) is 25.0. The normalized spacial score (nSPS) is 22.5. The van der Waals surface area contributed by atoms with Gasteiger partial charge in [0.15, 0.2) is 5.54 Å². The van der Waals surface area contributed by atoms with E-state index in [0.29, 0.717) is 34.9 Å². The fourth-order valence-corrected chi connectivity index (χ4v) is 9.42. The summed E-state index contributed by atoms with van der Waals surface area (Å²) >= 11 is 6.33. The number of halogens is 2. The number of carbonyl (C=O) groups is 2. The Bertz CT molecular complexity index is 1930. The van der Waals surface area contributed by atoms with Crippen LogP contribution in [0.5, 0.6) is 17.4 Å². The highest BCUT2D eigenvalue weighted by molar-refractivity contribution is 7.93. The van der Waals surface area contributed by atoms with Crippen molar-refractivity contribution in [2.24, 2.45) is 11.8 Å². The molecule has 2 fully saturated rings. The minimum Gasteiger partial charge on any atom is -0.497 e. The Hall–Kier alpha value is -4.18. The first kappa shape index (κ1) is 37.6. The van der Waals surface area contributed by atoms with Gasteiger partial charge in [-0.3, -0.25) is 10.1 Å². The van der Waals surface area contributed by atoms with E-state index in [-0.39, 0.29) is 41.1 Å². The van der Waals surface area contributed by atoms with Crippen LogP contribution in [-0.2, 0) is 25.2 Å². The smallest absolute Gasteiger partial charge is 0.427 e. The average Bonchev–Trinajstić information content (AvgIpc) is 3.38. The number of fused-ring (bicyclic) bond motifs is 1. The minimum absolute atomic E-state index is 0.0150. The van der Waals surface area contributed by atoms with Gasteiger partial charge < -0.3 is 24.4 Å². The quantitative estimate of drug-likeness (QED) is 0.259. The van der Waals surface area contributed by atoms with Crippen molar-refractivity contribution < 1.29 is 41.4 Å². The number of hydrogen-bond acceptors (Lipinski definition) is 11. The van der Waals surface area contributed by atoms with Gasteiger partial charge in [0.05, 0.1) is 37.1 Å². The molecule has 0 bridgehead atoms. The molecule has 52 heavy (non-hydrogen) atoms. The summed E-state index contributed by atoms with van der Waals surface area (Å²) in [5.74, 6) is -1.01. The molecular formula is C36H43ClFN5O8S. The van der Waals surface area contributed by atoms with Crippen molar-refractivity contribution in [2.75, 3.05) is 44.8 Å². The minimum atomic E-state index is -4.87. The van der Waals surface area contributed by atoms with Crippen molar-refractivity contribution in [2.45, 2.75) is 62.4 Å². The number of rotatable bonds is 11. The second-order valence-electron chi connectivity index (χ2n) is 13.0. The maximum Gasteiger partial charge on any atom is 0.427 e. The molecule has 2 saturated heterocycles. The second-order valence-corrected chi connectivity index (χ2v) is 15.2. The van der Waals surface area contributed by atoms with E-state index in [0.717, 1.165) is 50.9 Å². The second kappa shape index (κ2) is 15.4. The number of hydrogen-bond donors (Lipinski definition) is 2. The summed E-state index contributed by atoms with van der Waals surface area (Å²) in [7, 11) is -2.21. The first-order valence-electron chi connectivity index (χ1n) is 17.4. The highest BCUT2D eigenvalue weighted by atomic mass is 35.5. The van der Waals surface area contributed by atoms with Crippen LogP contribution in [-0.4, -0.2) is 77.0 Å². The topological polar surface area (TPSA) is 149 Å². The Morgan fingerprint density at radius 2 is 1.85 bits per heavy atom. The maximum atomic E-state index is 15.3. The lowest BCUT2D eigenvalue weighted by atomic mass is 9.77. The maximum absolute atomic E-state index is 15.3. The largest absolute Gasteiger partial charge is 0.497 e. The van der Waals surface area contributed by atoms with Gasteiger partial charge in [-0.1, -0.05) is 18.5 Å². The summed E-state index contributed by atoms with van der Waals surface area (Å²) in [5, 5.41) is 7.33. The van der Waals surface area contributed by atoms with Crippen molar-refractivity contribution in [1.82, 2.24) is 20.7 Å². The molecule has 3 unspecified atom stereocenters. The number of sulfonamides is 1. The van der Waals surface area contributed by atoms with Crippen molar-refractivity contribution in [3.63, 3.8) is 0 Å². The number of carbonyl (C=O) groups excluding carboxylic acids is 2. The molecule has 0 spiro atoms. The van der Waals surface area contributed by atoms with E-state index in [1.54, 1.807) is 12.0 Å². The van der Waals surface area contributed by atoms with Crippen LogP contribution in [0.15, 0.2) is 53.6 Å². The molecule has 1 aromatic heterocycles. The van der Waals surface area contributed by atoms with Gasteiger partial charge in [0.1, 0.15) is 22.2 Å². The van der Waals surface area contributed by atoms with E-state index in [1.807, 2.05) is 6.92 Å². The zero-order chi connectivity index (χ0) is 37.2. The van der Waals surface area contributed by atoms with Crippen LogP contribution in [0.1, 0.15) is 57.1 Å². The number of nitrogens with one attached hydrogen (secondary N) is 2. The lowest BCUT2D eigenvalue weighted by Crippen LogP contribution is -2.56. The summed E-state index contributed by atoms with van der Waals surface area (Å²) in [5.41, 5.74) is -2.89. The number of methoxy groups -OCH3 is 2. The molecule has 3 aliphatic heterocycles. The van der Waals surface area contributed by atoms with E-state index < -0.39 is 43.3 Å². The number of nitrogens with zero attached hydrogens (tertiary/aromatic N) is 3. The number of hydroxylamine groups is 2. The molecule has 13 nitrogen and oxygen atoms in total. The molecular weight excluding hydrogens is 717 g/mol. The summed E-state index contributed by atoms with van der Waals surface area (Å²) < 4.78 is 61.4. The van der Waals surface area contributed by atoms with Crippen molar-refractivity contribution in [1.29, 1.82) is 0 Å². The lowest BCUT2D eigenvalue weighted by Gasteiger charge is -2.41. The average molecular weight is 760 g/mol. The molecule has 2 amide bonds. The van der Waals surface area contributed by atoms with Gasteiger partial charge in [0.2, 0.25) is 5.88 Å². The van der Waals surface area contributed by atoms with Gasteiger partial charge in [0.25, 0.3) is 15.9 Å². The highest BCUT2D eigenvalue weighted by Crippen LogP contribution is 2.51. The van der Waals surface area contributed by atoms with Gasteiger partial charge in [-0.25, -0.2) is 22.6 Å². The van der Waals surface area contributed by atoms with Crippen molar-refractivity contribution >= 4 is 39.3 Å². The third-order valence-corrected chi connectivity index (χ3v) is 12.3. The third kappa shape index (κ3) is 6.74. The molecule has 280 valence electrons. The highest BCUT2D eigenvalue weighted by Gasteiger charge is 2.60. The number of pyridine rings is 1. The monoisotopic (exact) mass is 759 g/mol.